The van der Waals surface area contributed by atoms with Crippen molar-refractivity contribution in [2.45, 2.75) is 0 Å². The summed E-state index contributed by atoms with van der Waals surface area (Å²) in [6.07, 6.45) is 1.75. The van der Waals surface area contributed by atoms with E-state index < -0.39 is 11.2 Å². The highest BCUT2D eigenvalue weighted by Gasteiger charge is 2.22. The maximum Gasteiger partial charge on any atom is 0.212 e. The Bertz CT molecular complexity index is 1480. The molecule has 0 atom stereocenters. The molecule has 7 heteroatoms. The van der Waals surface area contributed by atoms with Crippen LogP contribution in [0.5, 0.6) is 0 Å². The number of aromatic nitrogens is 2. The van der Waals surface area contributed by atoms with Gasteiger partial charge in [-0.05, 0) is 42.5 Å². The number of hydrogen-bond acceptors (Lipinski definition) is 3. The number of hydrogen-bond donors (Lipinski definition) is 0. The predicted octanol–water partition coefficient (Wildman–Crippen LogP) is 6.76. The SMILES string of the molecule is O=c1c(Cl)c(-c2cn(-c3ccccc3)nc2-c2ccc(Cl)cc2)oc2ccc(F)cc12. The van der Waals surface area contributed by atoms with Crippen LogP contribution in [0, 0.1) is 5.82 Å². The maximum atomic E-state index is 13.6. The molecule has 0 aliphatic heterocycles. The molecule has 5 rings (SSSR count). The molecule has 152 valence electrons. The Kier molecular flexibility index (Phi) is 4.85. The zero-order chi connectivity index (χ0) is 21.5. The molecule has 0 unspecified atom stereocenters. The Morgan fingerprint density at radius 3 is 2.42 bits per heavy atom. The molecule has 0 radical (unpaired) electrons. The molecule has 31 heavy (non-hydrogen) atoms. The highest BCUT2D eigenvalue weighted by molar-refractivity contribution is 6.33. The number of halogens is 3. The van der Waals surface area contributed by atoms with Crippen molar-refractivity contribution in [3.63, 3.8) is 0 Å². The van der Waals surface area contributed by atoms with Gasteiger partial charge in [0.25, 0.3) is 0 Å². The van der Waals surface area contributed by atoms with Gasteiger partial charge in [-0.15, -0.1) is 0 Å². The Balaban J connectivity index is 1.79. The van der Waals surface area contributed by atoms with Gasteiger partial charge in [0, 0.05) is 16.8 Å². The second-order valence-corrected chi connectivity index (χ2v) is 7.71. The van der Waals surface area contributed by atoms with E-state index in [1.54, 1.807) is 23.0 Å². The van der Waals surface area contributed by atoms with Gasteiger partial charge in [0.05, 0.1) is 16.6 Å². The molecule has 0 fully saturated rings. The van der Waals surface area contributed by atoms with Gasteiger partial charge in [-0.25, -0.2) is 9.07 Å². The highest BCUT2D eigenvalue weighted by Crippen LogP contribution is 2.37. The Hall–Kier alpha value is -3.41. The Labute approximate surface area is 186 Å². The molecule has 0 amide bonds. The summed E-state index contributed by atoms with van der Waals surface area (Å²) < 4.78 is 21.3. The van der Waals surface area contributed by atoms with Crippen LogP contribution in [-0.2, 0) is 0 Å². The van der Waals surface area contributed by atoms with Crippen LogP contribution in [0.3, 0.4) is 0 Å². The molecule has 0 N–H and O–H groups in total. The summed E-state index contributed by atoms with van der Waals surface area (Å²) in [4.78, 5) is 12.8. The van der Waals surface area contributed by atoms with Gasteiger partial charge >= 0.3 is 0 Å². The van der Waals surface area contributed by atoms with Crippen molar-refractivity contribution in [3.05, 3.63) is 105 Å². The van der Waals surface area contributed by atoms with E-state index in [-0.39, 0.29) is 21.8 Å². The molecule has 2 heterocycles. The number of benzene rings is 3. The first-order valence-corrected chi connectivity index (χ1v) is 10.1. The average molecular weight is 451 g/mol. The van der Waals surface area contributed by atoms with Crippen LogP contribution in [0.15, 0.2) is 88.2 Å². The Morgan fingerprint density at radius 1 is 0.935 bits per heavy atom. The molecule has 2 aromatic heterocycles. The van der Waals surface area contributed by atoms with Gasteiger partial charge in [0.1, 0.15) is 22.1 Å². The average Bonchev–Trinajstić information content (AvgIpc) is 3.23. The molecule has 0 saturated carbocycles. The third-order valence-electron chi connectivity index (χ3n) is 4.89. The van der Waals surface area contributed by atoms with Crippen molar-refractivity contribution in [3.8, 4) is 28.3 Å². The van der Waals surface area contributed by atoms with E-state index in [0.29, 0.717) is 16.3 Å². The lowest BCUT2D eigenvalue weighted by molar-refractivity contribution is 0.609. The molecule has 0 aliphatic rings. The van der Waals surface area contributed by atoms with Crippen LogP contribution in [0.2, 0.25) is 10.0 Å². The maximum absolute atomic E-state index is 13.6. The molecule has 0 saturated heterocycles. The zero-order valence-electron chi connectivity index (χ0n) is 15.9. The minimum absolute atomic E-state index is 0.0808. The van der Waals surface area contributed by atoms with Gasteiger partial charge in [-0.2, -0.15) is 5.10 Å². The summed E-state index contributed by atoms with van der Waals surface area (Å²) in [7, 11) is 0. The first kappa shape index (κ1) is 19.5. The van der Waals surface area contributed by atoms with E-state index in [0.717, 1.165) is 17.3 Å². The first-order chi connectivity index (χ1) is 15.0. The smallest absolute Gasteiger partial charge is 0.212 e. The van der Waals surface area contributed by atoms with E-state index in [9.17, 15) is 9.18 Å². The van der Waals surface area contributed by atoms with Crippen molar-refractivity contribution in [1.29, 1.82) is 0 Å². The van der Waals surface area contributed by atoms with Crippen molar-refractivity contribution >= 4 is 34.2 Å². The van der Waals surface area contributed by atoms with E-state index >= 15 is 0 Å². The summed E-state index contributed by atoms with van der Waals surface area (Å²) in [5, 5.41) is 5.25. The molecule has 0 aliphatic carbocycles. The van der Waals surface area contributed by atoms with Crippen LogP contribution in [0.4, 0.5) is 4.39 Å². The van der Waals surface area contributed by atoms with Gasteiger partial charge < -0.3 is 4.42 Å². The van der Waals surface area contributed by atoms with Crippen LogP contribution in [0.25, 0.3) is 39.2 Å². The molecular weight excluding hydrogens is 438 g/mol. The molecule has 0 bridgehead atoms. The van der Waals surface area contributed by atoms with Crippen molar-refractivity contribution in [2.75, 3.05) is 0 Å². The fourth-order valence-electron chi connectivity index (χ4n) is 3.39. The van der Waals surface area contributed by atoms with Gasteiger partial charge in [0.15, 0.2) is 5.76 Å². The molecule has 4 nitrogen and oxygen atoms in total. The van der Waals surface area contributed by atoms with Gasteiger partial charge in [0.2, 0.25) is 5.43 Å². The van der Waals surface area contributed by atoms with Crippen molar-refractivity contribution < 1.29 is 8.81 Å². The summed E-state index contributed by atoms with van der Waals surface area (Å²) in [6, 6.07) is 20.4. The second-order valence-electron chi connectivity index (χ2n) is 6.89. The number of rotatable bonds is 3. The fraction of sp³-hybridized carbons (Fsp3) is 0. The lowest BCUT2D eigenvalue weighted by Crippen LogP contribution is -2.04. The van der Waals surface area contributed by atoms with Crippen LogP contribution >= 0.6 is 23.2 Å². The third kappa shape index (κ3) is 3.52. The van der Waals surface area contributed by atoms with E-state index in [4.69, 9.17) is 32.7 Å². The topological polar surface area (TPSA) is 48.0 Å². The minimum Gasteiger partial charge on any atom is -0.454 e. The summed E-state index contributed by atoms with van der Waals surface area (Å²) in [6.45, 7) is 0. The van der Waals surface area contributed by atoms with E-state index in [1.165, 1.54) is 12.1 Å². The van der Waals surface area contributed by atoms with Gasteiger partial charge in [-0.3, -0.25) is 4.79 Å². The first-order valence-electron chi connectivity index (χ1n) is 9.34. The normalized spacial score (nSPS) is 11.2. The van der Waals surface area contributed by atoms with Crippen LogP contribution in [0.1, 0.15) is 0 Å². The van der Waals surface area contributed by atoms with E-state index in [2.05, 4.69) is 0 Å². The molecular formula is C24H13Cl2FN2O2. The Morgan fingerprint density at radius 2 is 1.68 bits per heavy atom. The van der Waals surface area contributed by atoms with Crippen molar-refractivity contribution in [2.24, 2.45) is 0 Å². The second kappa shape index (κ2) is 7.69. The van der Waals surface area contributed by atoms with Gasteiger partial charge in [-0.1, -0.05) is 53.5 Å². The highest BCUT2D eigenvalue weighted by atomic mass is 35.5. The predicted molar refractivity (Wildman–Crippen MR) is 120 cm³/mol. The number of fused-ring (bicyclic) bond motifs is 1. The number of para-hydroxylation sites is 1. The largest absolute Gasteiger partial charge is 0.454 e. The van der Waals surface area contributed by atoms with E-state index in [1.807, 2.05) is 42.5 Å². The lowest BCUT2D eigenvalue weighted by Gasteiger charge is -2.06. The fourth-order valence-corrected chi connectivity index (χ4v) is 3.76. The standard InChI is InChI=1S/C24H13Cl2FN2O2/c25-15-8-6-14(7-9-15)22-19(13-29(28-22)17-4-2-1-3-5-17)24-21(26)23(30)18-12-16(27)10-11-20(18)31-24/h1-13H. The van der Waals surface area contributed by atoms with Crippen LogP contribution in [-0.4, -0.2) is 9.78 Å². The minimum atomic E-state index is -0.539. The summed E-state index contributed by atoms with van der Waals surface area (Å²) in [5.74, 6) is -0.375. The van der Waals surface area contributed by atoms with Crippen LogP contribution < -0.4 is 5.43 Å². The lowest BCUT2D eigenvalue weighted by atomic mass is 10.1. The van der Waals surface area contributed by atoms with Crippen molar-refractivity contribution in [1.82, 2.24) is 9.78 Å². The monoisotopic (exact) mass is 450 g/mol. The summed E-state index contributed by atoms with van der Waals surface area (Å²) in [5.41, 5.74) is 2.41. The third-order valence-corrected chi connectivity index (χ3v) is 5.49. The molecule has 5 aromatic rings. The summed E-state index contributed by atoms with van der Waals surface area (Å²) >= 11 is 12.5. The number of nitrogens with zero attached hydrogens (tertiary/aromatic N) is 2. The zero-order valence-corrected chi connectivity index (χ0v) is 17.4. The molecule has 3 aromatic carbocycles. The molecule has 0 spiro atoms. The quantitative estimate of drug-likeness (QED) is 0.305.